The summed E-state index contributed by atoms with van der Waals surface area (Å²) in [5.41, 5.74) is 3.88. The molecule has 1 aromatic heterocycles. The van der Waals surface area contributed by atoms with Gasteiger partial charge in [-0.05, 0) is 44.6 Å². The van der Waals surface area contributed by atoms with E-state index < -0.39 is 0 Å². The van der Waals surface area contributed by atoms with Crippen molar-refractivity contribution in [2.45, 2.75) is 25.3 Å². The minimum absolute atomic E-state index is 0.649. The maximum atomic E-state index is 4.82. The zero-order valence-corrected chi connectivity index (χ0v) is 10.5. The molecule has 0 fully saturated rings. The molecule has 0 spiro atoms. The lowest BCUT2D eigenvalue weighted by Crippen LogP contribution is -2.33. The topological polar surface area (TPSA) is 16.1 Å². The summed E-state index contributed by atoms with van der Waals surface area (Å²) < 4.78 is 0. The lowest BCUT2D eigenvalue weighted by molar-refractivity contribution is 0.266. The fourth-order valence-electron chi connectivity index (χ4n) is 2.68. The van der Waals surface area contributed by atoms with E-state index in [1.54, 1.807) is 0 Å². The number of likely N-dealkylation sites (N-methyl/N-ethyl adjacent to an activating group) is 1. The van der Waals surface area contributed by atoms with Crippen molar-refractivity contribution in [3.05, 3.63) is 41.6 Å². The van der Waals surface area contributed by atoms with Crippen molar-refractivity contribution in [3.63, 3.8) is 0 Å². The minimum Gasteiger partial charge on any atom is -0.306 e. The Hall–Kier alpha value is -1.41. The number of hydrogen-bond acceptors (Lipinski definition) is 2. The van der Waals surface area contributed by atoms with E-state index in [0.717, 1.165) is 18.4 Å². The van der Waals surface area contributed by atoms with Crippen LogP contribution in [0.3, 0.4) is 0 Å². The highest BCUT2D eigenvalue weighted by molar-refractivity contribution is 5.79. The van der Waals surface area contributed by atoms with Gasteiger partial charge in [0.15, 0.2) is 0 Å². The zero-order valence-electron chi connectivity index (χ0n) is 10.5. The van der Waals surface area contributed by atoms with Gasteiger partial charge in [-0.15, -0.1) is 0 Å². The number of pyridine rings is 1. The maximum absolute atomic E-state index is 4.82. The summed E-state index contributed by atoms with van der Waals surface area (Å²) in [5, 5.41) is 1.27. The van der Waals surface area contributed by atoms with Crippen LogP contribution in [0.25, 0.3) is 10.9 Å². The van der Waals surface area contributed by atoms with Crippen molar-refractivity contribution < 1.29 is 0 Å². The third-order valence-corrected chi connectivity index (χ3v) is 3.80. The molecule has 2 heteroatoms. The molecule has 88 valence electrons. The van der Waals surface area contributed by atoms with Crippen molar-refractivity contribution in [3.8, 4) is 0 Å². The highest BCUT2D eigenvalue weighted by Crippen LogP contribution is 2.25. The minimum atomic E-state index is 0.649. The van der Waals surface area contributed by atoms with Crippen molar-refractivity contribution in [2.24, 2.45) is 0 Å². The Bertz CT molecular complexity index is 546. The number of aromatic nitrogens is 1. The van der Waals surface area contributed by atoms with E-state index in [4.69, 9.17) is 4.98 Å². The van der Waals surface area contributed by atoms with Gasteiger partial charge in [0, 0.05) is 23.5 Å². The van der Waals surface area contributed by atoms with Gasteiger partial charge < -0.3 is 4.90 Å². The molecule has 17 heavy (non-hydrogen) atoms. The Morgan fingerprint density at radius 3 is 2.88 bits per heavy atom. The Kier molecular flexibility index (Phi) is 2.60. The zero-order chi connectivity index (χ0) is 11.8. The highest BCUT2D eigenvalue weighted by Gasteiger charge is 2.21. The number of para-hydroxylation sites is 1. The average molecular weight is 226 g/mol. The number of aryl methyl sites for hydroxylation is 1. The van der Waals surface area contributed by atoms with Crippen molar-refractivity contribution in [2.75, 3.05) is 14.1 Å². The Labute approximate surface area is 102 Å². The van der Waals surface area contributed by atoms with Crippen LogP contribution in [0.15, 0.2) is 30.3 Å². The van der Waals surface area contributed by atoms with Gasteiger partial charge in [0.1, 0.15) is 0 Å². The predicted octanol–water partition coefficient (Wildman–Crippen LogP) is 2.65. The Morgan fingerprint density at radius 1 is 1.24 bits per heavy atom. The van der Waals surface area contributed by atoms with Crippen LogP contribution in [0.4, 0.5) is 0 Å². The summed E-state index contributed by atoms with van der Waals surface area (Å²) in [6, 6.07) is 11.4. The van der Waals surface area contributed by atoms with Gasteiger partial charge in [-0.3, -0.25) is 4.98 Å². The van der Waals surface area contributed by atoms with E-state index in [1.807, 2.05) is 0 Å². The fraction of sp³-hybridized carbons (Fsp3) is 0.400. The number of rotatable bonds is 1. The van der Waals surface area contributed by atoms with E-state index >= 15 is 0 Å². The van der Waals surface area contributed by atoms with E-state index in [2.05, 4.69) is 49.3 Å². The molecule has 0 saturated carbocycles. The number of nitrogens with zero attached hydrogens (tertiary/aromatic N) is 2. The lowest BCUT2D eigenvalue weighted by Gasteiger charge is -2.29. The Morgan fingerprint density at radius 2 is 2.06 bits per heavy atom. The third kappa shape index (κ3) is 1.93. The van der Waals surface area contributed by atoms with Crippen LogP contribution in [0.2, 0.25) is 0 Å². The molecule has 1 aromatic carbocycles. The number of benzene rings is 1. The summed E-state index contributed by atoms with van der Waals surface area (Å²) in [4.78, 5) is 7.14. The first-order valence-corrected chi connectivity index (χ1v) is 6.28. The third-order valence-electron chi connectivity index (χ3n) is 3.80. The van der Waals surface area contributed by atoms with Crippen LogP contribution in [0.1, 0.15) is 17.7 Å². The second-order valence-corrected chi connectivity index (χ2v) is 5.15. The first-order valence-electron chi connectivity index (χ1n) is 6.28. The fourth-order valence-corrected chi connectivity index (χ4v) is 2.68. The normalized spacial score (nSPS) is 19.6. The van der Waals surface area contributed by atoms with Crippen molar-refractivity contribution >= 4 is 10.9 Å². The molecule has 2 nitrogen and oxygen atoms in total. The molecule has 1 aliphatic rings. The molecule has 1 atom stereocenters. The molecule has 0 saturated heterocycles. The van der Waals surface area contributed by atoms with Crippen LogP contribution in [-0.2, 0) is 12.8 Å². The van der Waals surface area contributed by atoms with Crippen molar-refractivity contribution in [1.29, 1.82) is 0 Å². The van der Waals surface area contributed by atoms with Gasteiger partial charge in [0.05, 0.1) is 5.52 Å². The van der Waals surface area contributed by atoms with Gasteiger partial charge in [-0.2, -0.15) is 0 Å². The van der Waals surface area contributed by atoms with Crippen LogP contribution in [-0.4, -0.2) is 30.0 Å². The molecule has 0 amide bonds. The van der Waals surface area contributed by atoms with Crippen LogP contribution >= 0.6 is 0 Å². The van der Waals surface area contributed by atoms with E-state index in [9.17, 15) is 0 Å². The molecular formula is C15H18N2. The van der Waals surface area contributed by atoms with E-state index in [0.29, 0.717) is 6.04 Å². The molecule has 1 aliphatic carbocycles. The second-order valence-electron chi connectivity index (χ2n) is 5.15. The van der Waals surface area contributed by atoms with Gasteiger partial charge in [0.2, 0.25) is 0 Å². The van der Waals surface area contributed by atoms with Gasteiger partial charge in [-0.25, -0.2) is 0 Å². The average Bonchev–Trinajstić information content (AvgIpc) is 2.35. The first kappa shape index (κ1) is 10.7. The molecule has 3 rings (SSSR count). The van der Waals surface area contributed by atoms with E-state index in [-0.39, 0.29) is 0 Å². The second kappa shape index (κ2) is 4.11. The van der Waals surface area contributed by atoms with Gasteiger partial charge in [-0.1, -0.05) is 18.2 Å². The monoisotopic (exact) mass is 226 g/mol. The molecular weight excluding hydrogens is 208 g/mol. The summed E-state index contributed by atoms with van der Waals surface area (Å²) in [7, 11) is 4.33. The molecule has 0 bridgehead atoms. The number of fused-ring (bicyclic) bond motifs is 2. The van der Waals surface area contributed by atoms with Crippen LogP contribution < -0.4 is 0 Å². The summed E-state index contributed by atoms with van der Waals surface area (Å²) >= 11 is 0. The highest BCUT2D eigenvalue weighted by atomic mass is 15.1. The Balaban J connectivity index is 2.05. The molecule has 0 radical (unpaired) electrons. The van der Waals surface area contributed by atoms with Crippen LogP contribution in [0.5, 0.6) is 0 Å². The van der Waals surface area contributed by atoms with E-state index in [1.165, 1.54) is 23.1 Å². The van der Waals surface area contributed by atoms with Gasteiger partial charge >= 0.3 is 0 Å². The largest absolute Gasteiger partial charge is 0.306 e. The predicted molar refractivity (Wildman–Crippen MR) is 71.2 cm³/mol. The SMILES string of the molecule is CN(C)C1CCc2cc3ccccc3nc2C1. The number of hydrogen-bond donors (Lipinski definition) is 0. The summed E-state index contributed by atoms with van der Waals surface area (Å²) in [5.74, 6) is 0. The molecule has 2 aromatic rings. The summed E-state index contributed by atoms with van der Waals surface area (Å²) in [6.45, 7) is 0. The molecule has 1 heterocycles. The maximum Gasteiger partial charge on any atom is 0.0705 e. The summed E-state index contributed by atoms with van der Waals surface area (Å²) in [6.07, 6.45) is 3.50. The first-order chi connectivity index (χ1) is 8.24. The van der Waals surface area contributed by atoms with Crippen molar-refractivity contribution in [1.82, 2.24) is 9.88 Å². The van der Waals surface area contributed by atoms with Crippen LogP contribution in [0, 0.1) is 0 Å². The lowest BCUT2D eigenvalue weighted by atomic mass is 9.90. The standard InChI is InChI=1S/C15H18N2/c1-17(2)13-8-7-12-9-11-5-3-4-6-14(11)16-15(12)10-13/h3-6,9,13H,7-8,10H2,1-2H3. The molecule has 1 unspecified atom stereocenters. The quantitative estimate of drug-likeness (QED) is 0.743. The molecule has 0 N–H and O–H groups in total. The van der Waals surface area contributed by atoms with Gasteiger partial charge in [0.25, 0.3) is 0 Å². The molecule has 0 aliphatic heterocycles. The smallest absolute Gasteiger partial charge is 0.0705 e.